The van der Waals surface area contributed by atoms with Crippen LogP contribution in [-0.2, 0) is 15.1 Å². The fourth-order valence-electron chi connectivity index (χ4n) is 2.37. The number of phenols is 1. The standard InChI is InChI=1S/C14H9ClO6/c1-20-13(18)14(19)9(15)5-8-11(14)12(17)10-6(16)3-2-4-7(10)21-8/h2-5,16,19H,1H3/t14-/m0/s1. The Kier molecular flexibility index (Phi) is 2.82. The Labute approximate surface area is 122 Å². The first kappa shape index (κ1) is 13.7. The molecule has 1 heterocycles. The SMILES string of the molecule is COC(=O)[C@]1(O)C(Cl)=Cc2oc3cccc(O)c3c(=O)c21. The zero-order chi connectivity index (χ0) is 15.4. The van der Waals surface area contributed by atoms with Crippen molar-refractivity contribution in [1.29, 1.82) is 0 Å². The third-order valence-electron chi connectivity index (χ3n) is 3.37. The number of carbonyl (C=O) groups excluding carboxylic acids is 1. The number of fused-ring (bicyclic) bond motifs is 2. The van der Waals surface area contributed by atoms with Crippen LogP contribution in [0.4, 0.5) is 0 Å². The number of methoxy groups -OCH3 is 1. The topological polar surface area (TPSA) is 97.0 Å². The first-order valence-corrected chi connectivity index (χ1v) is 6.26. The van der Waals surface area contributed by atoms with Gasteiger partial charge in [-0.2, -0.15) is 0 Å². The number of carbonyl (C=O) groups is 1. The van der Waals surface area contributed by atoms with Crippen molar-refractivity contribution in [2.24, 2.45) is 0 Å². The van der Waals surface area contributed by atoms with Crippen LogP contribution >= 0.6 is 11.6 Å². The molecule has 2 N–H and O–H groups in total. The average molecular weight is 309 g/mol. The molecule has 1 aliphatic rings. The minimum Gasteiger partial charge on any atom is -0.507 e. The van der Waals surface area contributed by atoms with Crippen molar-refractivity contribution < 1.29 is 24.2 Å². The van der Waals surface area contributed by atoms with Crippen LogP contribution in [0.25, 0.3) is 17.0 Å². The van der Waals surface area contributed by atoms with Crippen LogP contribution in [0.5, 0.6) is 5.75 Å². The van der Waals surface area contributed by atoms with E-state index in [1.54, 1.807) is 0 Å². The van der Waals surface area contributed by atoms with E-state index in [4.69, 9.17) is 16.0 Å². The zero-order valence-electron chi connectivity index (χ0n) is 10.7. The minimum atomic E-state index is -2.43. The van der Waals surface area contributed by atoms with Crippen LogP contribution in [0.2, 0.25) is 0 Å². The van der Waals surface area contributed by atoms with Crippen molar-refractivity contribution in [3.63, 3.8) is 0 Å². The van der Waals surface area contributed by atoms with Crippen molar-refractivity contribution in [2.45, 2.75) is 5.60 Å². The van der Waals surface area contributed by atoms with E-state index in [9.17, 15) is 19.8 Å². The molecule has 0 saturated carbocycles. The Morgan fingerprint density at radius 3 is 2.81 bits per heavy atom. The predicted molar refractivity (Wildman–Crippen MR) is 73.9 cm³/mol. The van der Waals surface area contributed by atoms with E-state index in [1.807, 2.05) is 0 Å². The summed E-state index contributed by atoms with van der Waals surface area (Å²) in [7, 11) is 1.06. The van der Waals surface area contributed by atoms with Crippen molar-refractivity contribution >= 4 is 34.6 Å². The molecule has 0 fully saturated rings. The highest BCUT2D eigenvalue weighted by Crippen LogP contribution is 2.42. The molecule has 0 spiro atoms. The number of phenolic OH excluding ortho intramolecular Hbond substituents is 1. The van der Waals surface area contributed by atoms with Gasteiger partial charge in [0.15, 0.2) is 0 Å². The Balaban J connectivity index is 2.45. The van der Waals surface area contributed by atoms with E-state index in [-0.39, 0.29) is 33.1 Å². The van der Waals surface area contributed by atoms with Gasteiger partial charge in [0.25, 0.3) is 0 Å². The lowest BCUT2D eigenvalue weighted by Crippen LogP contribution is -2.39. The number of benzene rings is 1. The lowest BCUT2D eigenvalue weighted by Gasteiger charge is -2.20. The average Bonchev–Trinajstić information content (AvgIpc) is 2.70. The van der Waals surface area contributed by atoms with Crippen molar-refractivity contribution in [2.75, 3.05) is 7.11 Å². The van der Waals surface area contributed by atoms with Crippen LogP contribution in [0.1, 0.15) is 11.3 Å². The van der Waals surface area contributed by atoms with Gasteiger partial charge in [-0.1, -0.05) is 17.7 Å². The highest BCUT2D eigenvalue weighted by molar-refractivity contribution is 6.35. The van der Waals surface area contributed by atoms with Gasteiger partial charge in [-0.3, -0.25) is 4.79 Å². The van der Waals surface area contributed by atoms with E-state index >= 15 is 0 Å². The van der Waals surface area contributed by atoms with Gasteiger partial charge in [-0.05, 0) is 18.2 Å². The lowest BCUT2D eigenvalue weighted by atomic mass is 9.96. The highest BCUT2D eigenvalue weighted by Gasteiger charge is 2.51. The molecule has 0 saturated heterocycles. The number of halogens is 1. The summed E-state index contributed by atoms with van der Waals surface area (Å²) in [5, 5.41) is 19.9. The number of hydrogen-bond acceptors (Lipinski definition) is 6. The maximum atomic E-state index is 12.5. The number of aromatic hydroxyl groups is 1. The maximum absolute atomic E-state index is 12.5. The third-order valence-corrected chi connectivity index (χ3v) is 3.75. The van der Waals surface area contributed by atoms with Gasteiger partial charge >= 0.3 is 5.97 Å². The van der Waals surface area contributed by atoms with Crippen LogP contribution in [-0.4, -0.2) is 23.3 Å². The van der Waals surface area contributed by atoms with E-state index in [0.29, 0.717) is 0 Å². The molecule has 2 aromatic rings. The summed E-state index contributed by atoms with van der Waals surface area (Å²) < 4.78 is 9.94. The van der Waals surface area contributed by atoms with Gasteiger partial charge in [0.2, 0.25) is 11.0 Å². The van der Waals surface area contributed by atoms with Crippen LogP contribution in [0, 0.1) is 0 Å². The normalized spacial score (nSPS) is 20.2. The predicted octanol–water partition coefficient (Wildman–Crippen LogP) is 1.45. The second kappa shape index (κ2) is 4.34. The monoisotopic (exact) mass is 308 g/mol. The molecule has 1 aromatic carbocycles. The van der Waals surface area contributed by atoms with Crippen molar-refractivity contribution in [3.05, 3.63) is 44.8 Å². The minimum absolute atomic E-state index is 0.0454. The number of hydrogen-bond donors (Lipinski definition) is 2. The van der Waals surface area contributed by atoms with Gasteiger partial charge < -0.3 is 19.4 Å². The molecular weight excluding hydrogens is 300 g/mol. The first-order chi connectivity index (χ1) is 9.91. The summed E-state index contributed by atoms with van der Waals surface area (Å²) in [6.07, 6.45) is 1.18. The van der Waals surface area contributed by atoms with Crippen LogP contribution in [0.15, 0.2) is 32.4 Å². The smallest absolute Gasteiger partial charge is 0.348 e. The Bertz CT molecular complexity index is 866. The van der Waals surface area contributed by atoms with Crippen LogP contribution in [0.3, 0.4) is 0 Å². The molecule has 0 aliphatic heterocycles. The summed E-state index contributed by atoms with van der Waals surface area (Å²) in [6.45, 7) is 0. The molecule has 0 bridgehead atoms. The maximum Gasteiger partial charge on any atom is 0.348 e. The largest absolute Gasteiger partial charge is 0.507 e. The fraction of sp³-hybridized carbons (Fsp3) is 0.143. The molecule has 3 rings (SSSR count). The molecule has 1 atom stereocenters. The third kappa shape index (κ3) is 1.63. The summed E-state index contributed by atoms with van der Waals surface area (Å²) in [4.78, 5) is 24.4. The molecule has 7 heteroatoms. The molecule has 1 aliphatic carbocycles. The number of ether oxygens (including phenoxy) is 1. The molecule has 6 nitrogen and oxygen atoms in total. The van der Waals surface area contributed by atoms with E-state index < -0.39 is 17.0 Å². The summed E-state index contributed by atoms with van der Waals surface area (Å²) in [5.74, 6) is -1.47. The Morgan fingerprint density at radius 1 is 1.43 bits per heavy atom. The van der Waals surface area contributed by atoms with Crippen molar-refractivity contribution in [3.8, 4) is 5.75 Å². The summed E-state index contributed by atoms with van der Waals surface area (Å²) >= 11 is 5.89. The second-order valence-corrected chi connectivity index (χ2v) is 4.92. The number of aliphatic hydroxyl groups is 1. The molecular formula is C14H9ClO6. The lowest BCUT2D eigenvalue weighted by molar-refractivity contribution is -0.158. The van der Waals surface area contributed by atoms with Crippen LogP contribution < -0.4 is 5.43 Å². The number of esters is 1. The zero-order valence-corrected chi connectivity index (χ0v) is 11.5. The van der Waals surface area contributed by atoms with E-state index in [0.717, 1.165) is 7.11 Å². The first-order valence-electron chi connectivity index (χ1n) is 5.89. The highest BCUT2D eigenvalue weighted by atomic mass is 35.5. The van der Waals surface area contributed by atoms with Gasteiger partial charge in [-0.25, -0.2) is 4.79 Å². The summed E-state index contributed by atoms with van der Waals surface area (Å²) in [6, 6.07) is 4.28. The molecule has 0 radical (unpaired) electrons. The molecule has 21 heavy (non-hydrogen) atoms. The molecule has 1 aromatic heterocycles. The Morgan fingerprint density at radius 2 is 2.14 bits per heavy atom. The van der Waals surface area contributed by atoms with Gasteiger partial charge in [-0.15, -0.1) is 0 Å². The fourth-order valence-corrected chi connectivity index (χ4v) is 2.64. The van der Waals surface area contributed by atoms with Gasteiger partial charge in [0.05, 0.1) is 17.7 Å². The molecule has 0 unspecified atom stereocenters. The summed E-state index contributed by atoms with van der Waals surface area (Å²) in [5.41, 5.74) is -3.42. The van der Waals surface area contributed by atoms with Crippen molar-refractivity contribution in [1.82, 2.24) is 0 Å². The second-order valence-electron chi connectivity index (χ2n) is 4.51. The number of rotatable bonds is 1. The Hall–Kier alpha value is -2.31. The van der Waals surface area contributed by atoms with Gasteiger partial charge in [0, 0.05) is 0 Å². The van der Waals surface area contributed by atoms with E-state index in [1.165, 1.54) is 24.3 Å². The molecule has 0 amide bonds. The van der Waals surface area contributed by atoms with Gasteiger partial charge in [0.1, 0.15) is 22.5 Å². The van der Waals surface area contributed by atoms with E-state index in [2.05, 4.69) is 4.74 Å². The molecule has 108 valence electrons. The quantitative estimate of drug-likeness (QED) is 0.774.